The normalized spacial score (nSPS) is 32.9. The average Bonchev–Trinajstić information content (AvgIpc) is 3.19. The van der Waals surface area contributed by atoms with Crippen molar-refractivity contribution in [1.82, 2.24) is 26.6 Å². The van der Waals surface area contributed by atoms with Gasteiger partial charge in [0.1, 0.15) is 0 Å². The topological polar surface area (TPSA) is 106 Å². The van der Waals surface area contributed by atoms with Crippen molar-refractivity contribution in [3.63, 3.8) is 0 Å². The van der Waals surface area contributed by atoms with Crippen molar-refractivity contribution in [2.75, 3.05) is 98.5 Å². The molecule has 0 bridgehead atoms. The molecule has 0 aromatic heterocycles. The lowest BCUT2D eigenvalue weighted by Gasteiger charge is -2.37. The van der Waals surface area contributed by atoms with Crippen molar-refractivity contribution in [1.29, 1.82) is 0 Å². The highest BCUT2D eigenvalue weighted by atomic mass is 16.5. The van der Waals surface area contributed by atoms with E-state index in [1.165, 1.54) is 64.2 Å². The van der Waals surface area contributed by atoms with Crippen molar-refractivity contribution in [3.05, 3.63) is 0 Å². The number of unbranched alkanes of at least 4 members (excludes halogenated alkanes) is 2. The molecule has 5 aliphatic rings. The van der Waals surface area contributed by atoms with Gasteiger partial charge >= 0.3 is 0 Å². The quantitative estimate of drug-likeness (QED) is 0.135. The maximum Gasteiger partial charge on any atom is 0.0804 e. The minimum absolute atomic E-state index is 0.109. The van der Waals surface area contributed by atoms with Crippen LogP contribution in [0.1, 0.15) is 153 Å². The Bertz CT molecular complexity index is 824. The summed E-state index contributed by atoms with van der Waals surface area (Å²) in [5.74, 6) is 0. The lowest BCUT2D eigenvalue weighted by molar-refractivity contribution is -0.0746. The van der Waals surface area contributed by atoms with Gasteiger partial charge in [-0.25, -0.2) is 0 Å². The standard InChI is InChI=1S/C10H21NO.2C9H19NO.C8H17NO.C7H15NO/c1-3-5-6-10(4-2)9-11-7-8-12-10;1-3-4-5-9(2)8-10-6-7-11-9;1-3-5-9(4-2)8-10-6-7-11-9;1-3-4-8(2)7-9-5-6-10-8;1-3-7(2)6-8-4-5-9-7/h11H,3-9H2,1-2H3;2*10H,3-8H2,1-2H3;9H,3-7H2,1-2H3;8H,3-6H2,1-2H3. The summed E-state index contributed by atoms with van der Waals surface area (Å²) in [4.78, 5) is 0. The molecule has 10 heteroatoms. The first kappa shape index (κ1) is 50.6. The van der Waals surface area contributed by atoms with Crippen LogP contribution in [-0.2, 0) is 23.7 Å². The van der Waals surface area contributed by atoms with Gasteiger partial charge in [0.15, 0.2) is 0 Å². The fraction of sp³-hybridized carbons (Fsp3) is 1.00. The smallest absolute Gasteiger partial charge is 0.0804 e. The van der Waals surface area contributed by atoms with Crippen LogP contribution in [0.25, 0.3) is 0 Å². The Hall–Kier alpha value is -0.400. The molecule has 0 saturated carbocycles. The molecule has 0 radical (unpaired) electrons. The molecule has 318 valence electrons. The van der Waals surface area contributed by atoms with Crippen molar-refractivity contribution in [2.24, 2.45) is 0 Å². The summed E-state index contributed by atoms with van der Waals surface area (Å²) in [6.45, 7) is 36.6. The summed E-state index contributed by atoms with van der Waals surface area (Å²) in [5, 5.41) is 16.8. The number of hydrogen-bond donors (Lipinski definition) is 5. The molecule has 5 heterocycles. The van der Waals surface area contributed by atoms with Crippen LogP contribution in [-0.4, -0.2) is 126 Å². The number of hydrogen-bond acceptors (Lipinski definition) is 10. The Balaban J connectivity index is 0.000000332. The molecule has 0 aromatic rings. The molecule has 0 spiro atoms. The molecule has 10 nitrogen and oxygen atoms in total. The van der Waals surface area contributed by atoms with Gasteiger partial charge in [-0.15, -0.1) is 0 Å². The van der Waals surface area contributed by atoms with E-state index < -0.39 is 0 Å². The summed E-state index contributed by atoms with van der Waals surface area (Å²) in [6, 6.07) is 0. The number of nitrogens with one attached hydrogen (secondary N) is 5. The van der Waals surface area contributed by atoms with Crippen molar-refractivity contribution < 1.29 is 23.7 Å². The predicted molar refractivity (Wildman–Crippen MR) is 225 cm³/mol. The number of ether oxygens (including phenoxy) is 5. The van der Waals surface area contributed by atoms with Gasteiger partial charge in [0.25, 0.3) is 0 Å². The van der Waals surface area contributed by atoms with Gasteiger partial charge in [0, 0.05) is 65.4 Å². The fourth-order valence-corrected chi connectivity index (χ4v) is 7.45. The predicted octanol–water partition coefficient (Wildman–Crippen LogP) is 7.00. The van der Waals surface area contributed by atoms with Gasteiger partial charge in [-0.1, -0.05) is 87.0 Å². The monoisotopic (exact) mass is 758 g/mol. The Morgan fingerprint density at radius 1 is 0.358 bits per heavy atom. The minimum atomic E-state index is 0.109. The average molecular weight is 758 g/mol. The zero-order chi connectivity index (χ0) is 39.4. The first-order valence-electron chi connectivity index (χ1n) is 22.2. The first-order chi connectivity index (χ1) is 25.5. The fourth-order valence-electron chi connectivity index (χ4n) is 7.45. The van der Waals surface area contributed by atoms with E-state index in [2.05, 4.69) is 95.8 Å². The van der Waals surface area contributed by atoms with Crippen LogP contribution < -0.4 is 26.6 Å². The molecule has 5 saturated heterocycles. The van der Waals surface area contributed by atoms with Crippen LogP contribution in [0.4, 0.5) is 0 Å². The van der Waals surface area contributed by atoms with Crippen LogP contribution in [0, 0.1) is 0 Å². The first-order valence-corrected chi connectivity index (χ1v) is 22.2. The second-order valence-electron chi connectivity index (χ2n) is 16.6. The van der Waals surface area contributed by atoms with E-state index in [1.54, 1.807) is 0 Å². The molecule has 5 unspecified atom stereocenters. The Labute approximate surface area is 328 Å². The van der Waals surface area contributed by atoms with Crippen molar-refractivity contribution >= 4 is 0 Å². The van der Waals surface area contributed by atoms with Crippen LogP contribution >= 0.6 is 0 Å². The molecule has 5 fully saturated rings. The van der Waals surface area contributed by atoms with Gasteiger partial charge in [0.2, 0.25) is 0 Å². The van der Waals surface area contributed by atoms with E-state index in [9.17, 15) is 0 Å². The SMILES string of the molecule is CCC1(C)CNCCO1.CCCC1(C)CNCCO1.CCCC1(CC)CNCCO1.CCCCC1(C)CNCCO1.CCCCC1(CC)CNCCO1. The van der Waals surface area contributed by atoms with E-state index in [0.717, 1.165) is 118 Å². The van der Waals surface area contributed by atoms with Crippen LogP contribution in [0.3, 0.4) is 0 Å². The van der Waals surface area contributed by atoms with Crippen molar-refractivity contribution in [3.8, 4) is 0 Å². The van der Waals surface area contributed by atoms with Gasteiger partial charge in [-0.2, -0.15) is 0 Å². The van der Waals surface area contributed by atoms with E-state index in [0.29, 0.717) is 0 Å². The van der Waals surface area contributed by atoms with Gasteiger partial charge < -0.3 is 50.3 Å². The number of morpholine rings is 5. The third kappa shape index (κ3) is 21.6. The number of rotatable bonds is 13. The minimum Gasteiger partial charge on any atom is -0.373 e. The molecule has 5 rings (SSSR count). The summed E-state index contributed by atoms with van der Waals surface area (Å²) in [5.41, 5.74) is 0.667. The molecular weight excluding hydrogens is 667 g/mol. The third-order valence-electron chi connectivity index (χ3n) is 11.5. The van der Waals surface area contributed by atoms with E-state index in [1.807, 2.05) is 0 Å². The lowest BCUT2D eigenvalue weighted by Crippen LogP contribution is -2.49. The van der Waals surface area contributed by atoms with Gasteiger partial charge in [-0.3, -0.25) is 0 Å². The summed E-state index contributed by atoms with van der Waals surface area (Å²) in [7, 11) is 0. The van der Waals surface area contributed by atoms with Crippen LogP contribution in [0.15, 0.2) is 0 Å². The van der Waals surface area contributed by atoms with Crippen LogP contribution in [0.5, 0.6) is 0 Å². The molecule has 53 heavy (non-hydrogen) atoms. The Kier molecular flexibility index (Phi) is 27.6. The highest BCUT2D eigenvalue weighted by Crippen LogP contribution is 2.25. The summed E-state index contributed by atoms with van der Waals surface area (Å²) in [6.07, 6.45) is 15.7. The molecule has 0 aliphatic carbocycles. The third-order valence-corrected chi connectivity index (χ3v) is 11.5. The molecule has 0 amide bonds. The maximum atomic E-state index is 5.85. The second kappa shape index (κ2) is 28.9. The molecule has 5 atom stereocenters. The molecule has 5 aliphatic heterocycles. The van der Waals surface area contributed by atoms with E-state index >= 15 is 0 Å². The zero-order valence-electron chi connectivity index (χ0n) is 36.8. The maximum absolute atomic E-state index is 5.85. The highest BCUT2D eigenvalue weighted by Gasteiger charge is 2.31. The Morgan fingerprint density at radius 3 is 1.02 bits per heavy atom. The van der Waals surface area contributed by atoms with Gasteiger partial charge in [0.05, 0.1) is 61.0 Å². The van der Waals surface area contributed by atoms with Crippen molar-refractivity contribution in [2.45, 2.75) is 181 Å². The van der Waals surface area contributed by atoms with E-state index in [4.69, 9.17) is 23.7 Å². The van der Waals surface area contributed by atoms with Crippen LogP contribution in [0.2, 0.25) is 0 Å². The second-order valence-corrected chi connectivity index (χ2v) is 16.6. The van der Waals surface area contributed by atoms with E-state index in [-0.39, 0.29) is 28.0 Å². The lowest BCUT2D eigenvalue weighted by atomic mass is 9.92. The Morgan fingerprint density at radius 2 is 0.717 bits per heavy atom. The molecular formula is C43H91N5O5. The largest absolute Gasteiger partial charge is 0.373 e. The molecule has 0 aromatic carbocycles. The van der Waals surface area contributed by atoms with Gasteiger partial charge in [-0.05, 0) is 65.7 Å². The summed E-state index contributed by atoms with van der Waals surface area (Å²) >= 11 is 0. The molecule has 5 N–H and O–H groups in total. The summed E-state index contributed by atoms with van der Waals surface area (Å²) < 4.78 is 28.5. The highest BCUT2D eigenvalue weighted by molar-refractivity contribution is 4.86. The zero-order valence-corrected chi connectivity index (χ0v) is 36.8.